The summed E-state index contributed by atoms with van der Waals surface area (Å²) in [6, 6.07) is 0.207. The second-order valence-corrected chi connectivity index (χ2v) is 7.30. The topological polar surface area (TPSA) is 69.9 Å². The van der Waals surface area contributed by atoms with E-state index < -0.39 is 0 Å². The highest BCUT2D eigenvalue weighted by atomic mass is 16.2. The number of carbonyl (C=O) groups excluding carboxylic acids is 2. The summed E-state index contributed by atoms with van der Waals surface area (Å²) < 4.78 is 0. The predicted octanol–water partition coefficient (Wildman–Crippen LogP) is 0.271. The molecular formula is C17H30N4O2. The highest BCUT2D eigenvalue weighted by Crippen LogP contribution is 2.27. The summed E-state index contributed by atoms with van der Waals surface area (Å²) in [5, 5.41) is 0. The van der Waals surface area contributed by atoms with Gasteiger partial charge in [-0.1, -0.05) is 6.42 Å². The van der Waals surface area contributed by atoms with Gasteiger partial charge in [0.15, 0.2) is 0 Å². The molecule has 6 heteroatoms. The summed E-state index contributed by atoms with van der Waals surface area (Å²) in [5.41, 5.74) is 6.07. The van der Waals surface area contributed by atoms with Crippen LogP contribution in [0.3, 0.4) is 0 Å². The number of carbonyl (C=O) groups is 2. The molecule has 0 bridgehead atoms. The van der Waals surface area contributed by atoms with Gasteiger partial charge in [0.25, 0.3) is 0 Å². The molecule has 3 aliphatic rings. The van der Waals surface area contributed by atoms with Gasteiger partial charge in [-0.2, -0.15) is 0 Å². The van der Waals surface area contributed by atoms with Crippen molar-refractivity contribution < 1.29 is 9.59 Å². The average molecular weight is 322 g/mol. The molecular weight excluding hydrogens is 292 g/mol. The molecule has 2 aliphatic heterocycles. The van der Waals surface area contributed by atoms with Crippen molar-refractivity contribution in [3.63, 3.8) is 0 Å². The third-order valence-corrected chi connectivity index (χ3v) is 5.70. The summed E-state index contributed by atoms with van der Waals surface area (Å²) in [4.78, 5) is 30.7. The van der Waals surface area contributed by atoms with Gasteiger partial charge >= 0.3 is 0 Å². The van der Waals surface area contributed by atoms with Crippen LogP contribution in [0.2, 0.25) is 0 Å². The smallest absolute Gasteiger partial charge is 0.236 e. The molecule has 1 aliphatic carbocycles. The standard InChI is InChI=1S/C17H30N4O2/c18-15-5-3-4-14(15)12-16(22)21-10-8-19(9-11-21)13-17(23)20-6-1-2-7-20/h14-15H,1-13,18H2/t14-,15+/m0/s1. The highest BCUT2D eigenvalue weighted by Gasteiger charge is 2.30. The minimum atomic E-state index is 0.207. The van der Waals surface area contributed by atoms with E-state index in [4.69, 9.17) is 5.73 Å². The minimum Gasteiger partial charge on any atom is -0.342 e. The predicted molar refractivity (Wildman–Crippen MR) is 88.8 cm³/mol. The zero-order valence-corrected chi connectivity index (χ0v) is 14.1. The quantitative estimate of drug-likeness (QED) is 0.807. The van der Waals surface area contributed by atoms with Crippen LogP contribution in [0.25, 0.3) is 0 Å². The molecule has 0 radical (unpaired) electrons. The maximum absolute atomic E-state index is 12.4. The van der Waals surface area contributed by atoms with Crippen LogP contribution in [0.4, 0.5) is 0 Å². The fourth-order valence-electron chi connectivity index (χ4n) is 4.09. The number of nitrogens with two attached hydrogens (primary N) is 1. The number of hydrogen-bond donors (Lipinski definition) is 1. The molecule has 2 atom stereocenters. The number of amides is 2. The Bertz CT molecular complexity index is 428. The van der Waals surface area contributed by atoms with Crippen LogP contribution >= 0.6 is 0 Å². The third kappa shape index (κ3) is 4.23. The molecule has 0 spiro atoms. The zero-order chi connectivity index (χ0) is 16.2. The van der Waals surface area contributed by atoms with Crippen molar-refractivity contribution in [2.75, 3.05) is 45.8 Å². The van der Waals surface area contributed by atoms with Crippen LogP contribution in [-0.4, -0.2) is 78.4 Å². The van der Waals surface area contributed by atoms with Gasteiger partial charge < -0.3 is 15.5 Å². The van der Waals surface area contributed by atoms with E-state index in [0.717, 1.165) is 71.4 Å². The van der Waals surface area contributed by atoms with E-state index in [9.17, 15) is 9.59 Å². The Labute approximate surface area is 139 Å². The number of likely N-dealkylation sites (tertiary alicyclic amines) is 1. The zero-order valence-electron chi connectivity index (χ0n) is 14.1. The molecule has 3 rings (SSSR count). The number of piperazine rings is 1. The molecule has 130 valence electrons. The molecule has 2 amide bonds. The summed E-state index contributed by atoms with van der Waals surface area (Å²) in [5.74, 6) is 0.870. The van der Waals surface area contributed by atoms with Gasteiger partial charge in [-0.15, -0.1) is 0 Å². The maximum atomic E-state index is 12.4. The van der Waals surface area contributed by atoms with E-state index in [1.807, 2.05) is 9.80 Å². The van der Waals surface area contributed by atoms with Crippen LogP contribution in [0.1, 0.15) is 38.5 Å². The molecule has 2 heterocycles. The second kappa shape index (κ2) is 7.62. The van der Waals surface area contributed by atoms with Crippen molar-refractivity contribution in [3.8, 4) is 0 Å². The number of nitrogens with zero attached hydrogens (tertiary/aromatic N) is 3. The van der Waals surface area contributed by atoms with Crippen molar-refractivity contribution in [3.05, 3.63) is 0 Å². The summed E-state index contributed by atoms with van der Waals surface area (Å²) in [7, 11) is 0. The lowest BCUT2D eigenvalue weighted by molar-refractivity contribution is -0.135. The molecule has 2 N–H and O–H groups in total. The van der Waals surface area contributed by atoms with E-state index in [0.29, 0.717) is 18.9 Å². The maximum Gasteiger partial charge on any atom is 0.236 e. The minimum absolute atomic E-state index is 0.207. The summed E-state index contributed by atoms with van der Waals surface area (Å²) in [6.45, 7) is 5.44. The Morgan fingerprint density at radius 2 is 1.48 bits per heavy atom. The van der Waals surface area contributed by atoms with Crippen molar-refractivity contribution in [2.24, 2.45) is 11.7 Å². The van der Waals surface area contributed by atoms with Gasteiger partial charge in [0, 0.05) is 51.7 Å². The molecule has 6 nitrogen and oxygen atoms in total. The molecule has 0 unspecified atom stereocenters. The molecule has 1 saturated carbocycles. The number of hydrogen-bond acceptors (Lipinski definition) is 4. The lowest BCUT2D eigenvalue weighted by atomic mass is 9.99. The highest BCUT2D eigenvalue weighted by molar-refractivity contribution is 5.79. The Balaban J connectivity index is 1.39. The van der Waals surface area contributed by atoms with Gasteiger partial charge in [-0.3, -0.25) is 14.5 Å². The normalized spacial score (nSPS) is 29.3. The average Bonchev–Trinajstić information content (AvgIpc) is 3.20. The monoisotopic (exact) mass is 322 g/mol. The summed E-state index contributed by atoms with van der Waals surface area (Å²) >= 11 is 0. The lowest BCUT2D eigenvalue weighted by Gasteiger charge is -2.35. The van der Waals surface area contributed by atoms with E-state index >= 15 is 0 Å². The van der Waals surface area contributed by atoms with Crippen LogP contribution in [0.15, 0.2) is 0 Å². The fourth-order valence-corrected chi connectivity index (χ4v) is 4.09. The molecule has 0 aromatic heterocycles. The van der Waals surface area contributed by atoms with Crippen LogP contribution in [-0.2, 0) is 9.59 Å². The van der Waals surface area contributed by atoms with Crippen molar-refractivity contribution in [2.45, 2.75) is 44.6 Å². The van der Waals surface area contributed by atoms with Crippen molar-refractivity contribution in [1.29, 1.82) is 0 Å². The van der Waals surface area contributed by atoms with E-state index in [-0.39, 0.29) is 17.9 Å². The summed E-state index contributed by atoms with van der Waals surface area (Å²) in [6.07, 6.45) is 6.19. The van der Waals surface area contributed by atoms with Gasteiger partial charge in [-0.25, -0.2) is 0 Å². The van der Waals surface area contributed by atoms with Gasteiger partial charge in [0.05, 0.1) is 6.54 Å². The Hall–Kier alpha value is -1.14. The van der Waals surface area contributed by atoms with E-state index in [1.54, 1.807) is 0 Å². The first kappa shape index (κ1) is 16.7. The molecule has 23 heavy (non-hydrogen) atoms. The second-order valence-electron chi connectivity index (χ2n) is 7.30. The van der Waals surface area contributed by atoms with Gasteiger partial charge in [0.1, 0.15) is 0 Å². The molecule has 2 saturated heterocycles. The van der Waals surface area contributed by atoms with E-state index in [2.05, 4.69) is 4.90 Å². The van der Waals surface area contributed by atoms with Crippen LogP contribution in [0.5, 0.6) is 0 Å². The fraction of sp³-hybridized carbons (Fsp3) is 0.882. The Kier molecular flexibility index (Phi) is 5.54. The first-order valence-electron chi connectivity index (χ1n) is 9.17. The van der Waals surface area contributed by atoms with Crippen LogP contribution < -0.4 is 5.73 Å². The van der Waals surface area contributed by atoms with E-state index in [1.165, 1.54) is 0 Å². The van der Waals surface area contributed by atoms with Gasteiger partial charge in [0.2, 0.25) is 11.8 Å². The Morgan fingerprint density at radius 1 is 0.826 bits per heavy atom. The number of rotatable bonds is 4. The van der Waals surface area contributed by atoms with Crippen molar-refractivity contribution in [1.82, 2.24) is 14.7 Å². The van der Waals surface area contributed by atoms with Crippen molar-refractivity contribution >= 4 is 11.8 Å². The first-order chi connectivity index (χ1) is 11.1. The molecule has 0 aromatic carbocycles. The third-order valence-electron chi connectivity index (χ3n) is 5.70. The van der Waals surface area contributed by atoms with Gasteiger partial charge in [-0.05, 0) is 31.6 Å². The molecule has 3 fully saturated rings. The largest absolute Gasteiger partial charge is 0.342 e. The SMILES string of the molecule is N[C@@H]1CCC[C@H]1CC(=O)N1CCN(CC(=O)N2CCCC2)CC1. The lowest BCUT2D eigenvalue weighted by Crippen LogP contribution is -2.51. The molecule has 0 aromatic rings. The Morgan fingerprint density at radius 3 is 2.09 bits per heavy atom. The van der Waals surface area contributed by atoms with Crippen LogP contribution in [0, 0.1) is 5.92 Å². The first-order valence-corrected chi connectivity index (χ1v) is 9.17.